The van der Waals surface area contributed by atoms with Crippen molar-refractivity contribution in [2.75, 3.05) is 0 Å². The van der Waals surface area contributed by atoms with Crippen LogP contribution in [0.3, 0.4) is 0 Å². The second-order valence-electron chi connectivity index (χ2n) is 13.5. The highest BCUT2D eigenvalue weighted by atomic mass is 16.5. The Morgan fingerprint density at radius 1 is 0.706 bits per heavy atom. The molecule has 0 N–H and O–H groups in total. The van der Waals surface area contributed by atoms with Crippen molar-refractivity contribution in [2.45, 2.75) is 157 Å². The lowest BCUT2D eigenvalue weighted by molar-refractivity contribution is 0.0512. The van der Waals surface area contributed by atoms with E-state index in [1.54, 1.807) is 5.56 Å². The van der Waals surface area contributed by atoms with E-state index in [-0.39, 0.29) is 5.60 Å². The first-order valence-corrected chi connectivity index (χ1v) is 14.8. The molecular weight excluding hydrogens is 412 g/mol. The number of rotatable bonds is 13. The van der Waals surface area contributed by atoms with Crippen LogP contribution in [0.5, 0.6) is 5.75 Å². The average Bonchev–Trinajstić information content (AvgIpc) is 3.49. The fraction of sp³-hybridized carbons (Fsp3) is 0.818. The zero-order valence-corrected chi connectivity index (χ0v) is 24.3. The van der Waals surface area contributed by atoms with Crippen LogP contribution in [0.15, 0.2) is 0 Å². The van der Waals surface area contributed by atoms with Crippen LogP contribution in [-0.2, 0) is 11.8 Å². The molecule has 0 aromatic heterocycles. The third-order valence-corrected chi connectivity index (χ3v) is 9.51. The molecule has 1 fully saturated rings. The van der Waals surface area contributed by atoms with Gasteiger partial charge in [0.1, 0.15) is 11.4 Å². The van der Waals surface area contributed by atoms with Crippen molar-refractivity contribution < 1.29 is 4.74 Å². The van der Waals surface area contributed by atoms with E-state index in [1.165, 1.54) is 111 Å². The van der Waals surface area contributed by atoms with Gasteiger partial charge >= 0.3 is 0 Å². The monoisotopic (exact) mass is 468 g/mol. The van der Waals surface area contributed by atoms with Crippen LogP contribution < -0.4 is 4.74 Å². The predicted molar refractivity (Wildman–Crippen MR) is 149 cm³/mol. The van der Waals surface area contributed by atoms with Gasteiger partial charge in [-0.3, -0.25) is 0 Å². The zero-order valence-electron chi connectivity index (χ0n) is 24.3. The highest BCUT2D eigenvalue weighted by Crippen LogP contribution is 2.53. The Morgan fingerprint density at radius 2 is 1.26 bits per heavy atom. The molecule has 0 spiro atoms. The van der Waals surface area contributed by atoms with Gasteiger partial charge in [0.15, 0.2) is 0 Å². The molecule has 1 aliphatic carbocycles. The maximum absolute atomic E-state index is 6.85. The summed E-state index contributed by atoms with van der Waals surface area (Å²) in [5.41, 5.74) is 8.02. The van der Waals surface area contributed by atoms with Gasteiger partial charge in [-0.2, -0.15) is 0 Å². The molecule has 1 aromatic rings. The second-order valence-corrected chi connectivity index (χ2v) is 13.5. The molecule has 1 heteroatoms. The minimum atomic E-state index is 0.00624. The Balaban J connectivity index is 1.45. The van der Waals surface area contributed by atoms with Crippen LogP contribution in [0.2, 0.25) is 0 Å². The van der Waals surface area contributed by atoms with Crippen molar-refractivity contribution in [3.63, 3.8) is 0 Å². The maximum Gasteiger partial charge on any atom is 0.126 e. The van der Waals surface area contributed by atoms with Gasteiger partial charge in [0.25, 0.3) is 0 Å². The van der Waals surface area contributed by atoms with Crippen LogP contribution in [0, 0.1) is 38.5 Å². The van der Waals surface area contributed by atoms with Gasteiger partial charge in [-0.05, 0) is 117 Å². The standard InChI is InChI=1S/C33H56O/c1-23(2)13-10-14-24(3)15-11-16-25(4)17-12-19-33(9)20-18-29-28(7)30(32(8)21-22-32)26(5)27(6)31(29)34-33/h23-25H,10-22H2,1-9H3/t24-,25-,33+/m1/s1. The van der Waals surface area contributed by atoms with Crippen molar-refractivity contribution in [1.82, 2.24) is 0 Å². The fourth-order valence-corrected chi connectivity index (χ4v) is 6.63. The lowest BCUT2D eigenvalue weighted by Gasteiger charge is -2.39. The van der Waals surface area contributed by atoms with Crippen LogP contribution in [0.25, 0.3) is 0 Å². The Labute approximate surface area is 212 Å². The first-order chi connectivity index (χ1) is 16.0. The normalized spacial score (nSPS) is 22.9. The molecule has 3 rings (SSSR count). The quantitative estimate of drug-likeness (QED) is 0.280. The van der Waals surface area contributed by atoms with Crippen LogP contribution >= 0.6 is 0 Å². The van der Waals surface area contributed by atoms with E-state index >= 15 is 0 Å². The summed E-state index contributed by atoms with van der Waals surface area (Å²) in [7, 11) is 0. The summed E-state index contributed by atoms with van der Waals surface area (Å²) < 4.78 is 6.85. The Kier molecular flexibility index (Phi) is 9.24. The molecule has 0 bridgehead atoms. The predicted octanol–water partition coefficient (Wildman–Crippen LogP) is 10.2. The summed E-state index contributed by atoms with van der Waals surface area (Å²) in [6, 6.07) is 0. The molecule has 0 amide bonds. The molecule has 1 aliphatic heterocycles. The topological polar surface area (TPSA) is 9.23 Å². The number of ether oxygens (including phenoxy) is 1. The molecule has 2 aliphatic rings. The Hall–Kier alpha value is -0.980. The van der Waals surface area contributed by atoms with E-state index in [4.69, 9.17) is 4.74 Å². The summed E-state index contributed by atoms with van der Waals surface area (Å²) in [4.78, 5) is 0. The van der Waals surface area contributed by atoms with Gasteiger partial charge in [0.2, 0.25) is 0 Å². The SMILES string of the molecule is Cc1c(C)c(C2(C)CC2)c(C)c2c1O[C@@](C)(CCC[C@H](C)CCC[C@H](C)CCCC(C)C)CC2. The summed E-state index contributed by atoms with van der Waals surface area (Å²) in [6.07, 6.45) is 17.3. The lowest BCUT2D eigenvalue weighted by atomic mass is 9.79. The second kappa shape index (κ2) is 11.4. The van der Waals surface area contributed by atoms with Crippen LogP contribution in [0.1, 0.15) is 146 Å². The Morgan fingerprint density at radius 3 is 1.82 bits per heavy atom. The van der Waals surface area contributed by atoms with Gasteiger partial charge in [-0.25, -0.2) is 0 Å². The van der Waals surface area contributed by atoms with Gasteiger partial charge in [-0.15, -0.1) is 0 Å². The van der Waals surface area contributed by atoms with Gasteiger partial charge in [0, 0.05) is 0 Å². The van der Waals surface area contributed by atoms with E-state index in [0.29, 0.717) is 5.41 Å². The van der Waals surface area contributed by atoms with E-state index in [2.05, 4.69) is 62.3 Å². The summed E-state index contributed by atoms with van der Waals surface area (Å²) >= 11 is 0. The summed E-state index contributed by atoms with van der Waals surface area (Å²) in [6.45, 7) is 21.5. The average molecular weight is 469 g/mol. The number of hydrogen-bond acceptors (Lipinski definition) is 1. The van der Waals surface area contributed by atoms with Gasteiger partial charge in [0.05, 0.1) is 0 Å². The van der Waals surface area contributed by atoms with E-state index < -0.39 is 0 Å². The van der Waals surface area contributed by atoms with Crippen molar-refractivity contribution in [3.8, 4) is 5.75 Å². The smallest absolute Gasteiger partial charge is 0.126 e. The largest absolute Gasteiger partial charge is 0.487 e. The first kappa shape index (κ1) is 27.6. The number of hydrogen-bond donors (Lipinski definition) is 0. The third kappa shape index (κ3) is 6.82. The van der Waals surface area contributed by atoms with E-state index in [9.17, 15) is 0 Å². The molecule has 34 heavy (non-hydrogen) atoms. The number of fused-ring (bicyclic) bond motifs is 1. The zero-order chi connectivity index (χ0) is 25.1. The third-order valence-electron chi connectivity index (χ3n) is 9.51. The molecule has 194 valence electrons. The first-order valence-electron chi connectivity index (χ1n) is 14.8. The lowest BCUT2D eigenvalue weighted by Crippen LogP contribution is -2.37. The molecule has 1 nitrogen and oxygen atoms in total. The molecule has 1 heterocycles. The van der Waals surface area contributed by atoms with E-state index in [0.717, 1.165) is 17.8 Å². The van der Waals surface area contributed by atoms with Gasteiger partial charge in [-0.1, -0.05) is 79.6 Å². The number of benzene rings is 1. The molecular formula is C33H56O. The summed E-state index contributed by atoms with van der Waals surface area (Å²) in [5, 5.41) is 0. The molecule has 1 saturated carbocycles. The molecule has 0 unspecified atom stereocenters. The minimum absolute atomic E-state index is 0.00624. The minimum Gasteiger partial charge on any atom is -0.487 e. The fourth-order valence-electron chi connectivity index (χ4n) is 6.63. The maximum atomic E-state index is 6.85. The van der Waals surface area contributed by atoms with Crippen molar-refractivity contribution in [2.24, 2.45) is 17.8 Å². The molecule has 0 radical (unpaired) electrons. The van der Waals surface area contributed by atoms with E-state index in [1.807, 2.05) is 0 Å². The van der Waals surface area contributed by atoms with Crippen LogP contribution in [0.4, 0.5) is 0 Å². The van der Waals surface area contributed by atoms with Crippen molar-refractivity contribution in [3.05, 3.63) is 27.8 Å². The van der Waals surface area contributed by atoms with Crippen LogP contribution in [-0.4, -0.2) is 5.60 Å². The van der Waals surface area contributed by atoms with Crippen molar-refractivity contribution in [1.29, 1.82) is 0 Å². The molecule has 0 saturated heterocycles. The van der Waals surface area contributed by atoms with Crippen molar-refractivity contribution >= 4 is 0 Å². The molecule has 1 aromatic carbocycles. The van der Waals surface area contributed by atoms with Gasteiger partial charge < -0.3 is 4.74 Å². The highest BCUT2D eigenvalue weighted by molar-refractivity contribution is 5.59. The Bertz CT molecular complexity index is 815. The highest BCUT2D eigenvalue weighted by Gasteiger charge is 2.43. The summed E-state index contributed by atoms with van der Waals surface area (Å²) in [5.74, 6) is 3.83. The molecule has 3 atom stereocenters.